The third-order valence-corrected chi connectivity index (χ3v) is 6.95. The maximum absolute atomic E-state index is 12.5. The minimum atomic E-state index is -0.966. The average molecular weight is 319 g/mol. The average Bonchev–Trinajstić information content (AvgIpc) is 2.75. The van der Waals surface area contributed by atoms with E-state index in [0.29, 0.717) is 29.3 Å². The Morgan fingerprint density at radius 1 is 1.48 bits per heavy atom. The van der Waals surface area contributed by atoms with Gasteiger partial charge in [0.2, 0.25) is 0 Å². The zero-order chi connectivity index (χ0) is 15.8. The molecule has 0 aromatic rings. The Hall–Kier alpha value is -0.500. The molecular weight excluding hydrogens is 292 g/mol. The van der Waals surface area contributed by atoms with Crippen molar-refractivity contribution in [1.29, 1.82) is 0 Å². The number of rotatable bonds is 3. The summed E-state index contributed by atoms with van der Waals surface area (Å²) in [7, 11) is 4.03. The van der Waals surface area contributed by atoms with Crippen molar-refractivity contribution < 1.29 is 23.1 Å². The van der Waals surface area contributed by atoms with Crippen LogP contribution in [0.5, 0.6) is 0 Å². The van der Waals surface area contributed by atoms with Crippen LogP contribution in [0.1, 0.15) is 26.7 Å². The third-order valence-electron chi connectivity index (χ3n) is 5.18. The van der Waals surface area contributed by atoms with Gasteiger partial charge in [0, 0.05) is 13.1 Å². The van der Waals surface area contributed by atoms with E-state index in [9.17, 15) is 9.35 Å². The minimum absolute atomic E-state index is 0.0480. The molecule has 7 heteroatoms. The van der Waals surface area contributed by atoms with Crippen molar-refractivity contribution in [2.45, 2.75) is 38.8 Å². The standard InChI is InChI=1S/C14H26N2O4S/c1-5-21(19)16(3,4)12-11(2)20-10-14(12)6-8-15(9-7-14)13(17)18/h11-12H,5-10H2,1-4H3/p+1/t11?,12?,21-/m1/s1. The summed E-state index contributed by atoms with van der Waals surface area (Å²) in [5, 5.41) is 9.12. The highest BCUT2D eigenvalue weighted by molar-refractivity contribution is 7.85. The molecule has 2 saturated heterocycles. The van der Waals surface area contributed by atoms with E-state index in [0.717, 1.165) is 12.8 Å². The topological polar surface area (TPSA) is 72.8 Å². The van der Waals surface area contributed by atoms with Crippen molar-refractivity contribution in [3.8, 4) is 0 Å². The molecule has 2 aliphatic heterocycles. The van der Waals surface area contributed by atoms with E-state index in [1.54, 1.807) is 0 Å². The highest BCUT2D eigenvalue weighted by atomic mass is 32.2. The van der Waals surface area contributed by atoms with Gasteiger partial charge in [-0.05, 0) is 26.7 Å². The Kier molecular flexibility index (Phi) is 4.78. The van der Waals surface area contributed by atoms with Crippen LogP contribution >= 0.6 is 0 Å². The van der Waals surface area contributed by atoms with E-state index in [4.69, 9.17) is 9.84 Å². The third kappa shape index (κ3) is 2.88. The van der Waals surface area contributed by atoms with Crippen molar-refractivity contribution in [3.05, 3.63) is 0 Å². The lowest BCUT2D eigenvalue weighted by Gasteiger charge is -2.46. The maximum atomic E-state index is 12.5. The molecule has 2 aliphatic rings. The molecule has 0 bridgehead atoms. The van der Waals surface area contributed by atoms with Crippen LogP contribution in [0.3, 0.4) is 0 Å². The minimum Gasteiger partial charge on any atom is -0.566 e. The van der Waals surface area contributed by atoms with Crippen LogP contribution in [-0.4, -0.2) is 76.2 Å². The summed E-state index contributed by atoms with van der Waals surface area (Å²) in [6, 6.07) is 0.147. The van der Waals surface area contributed by atoms with E-state index in [2.05, 4.69) is 6.92 Å². The summed E-state index contributed by atoms with van der Waals surface area (Å²) in [6.07, 6.45) is 0.777. The number of piperidine rings is 1. The molecule has 2 heterocycles. The number of amides is 1. The number of carbonyl (C=O) groups is 1. The molecule has 1 N–H and O–H groups in total. The van der Waals surface area contributed by atoms with Crippen LogP contribution in [0, 0.1) is 5.41 Å². The molecule has 21 heavy (non-hydrogen) atoms. The Balaban J connectivity index is 2.21. The van der Waals surface area contributed by atoms with Gasteiger partial charge >= 0.3 is 6.09 Å². The fourth-order valence-electron chi connectivity index (χ4n) is 4.18. The Bertz CT molecular complexity index is 396. The number of likely N-dealkylation sites (N-methyl/N-ethyl adjacent to an activating group) is 1. The first kappa shape index (κ1) is 16.9. The number of quaternary nitrogens is 1. The van der Waals surface area contributed by atoms with Gasteiger partial charge in [0.1, 0.15) is 31.6 Å². The van der Waals surface area contributed by atoms with E-state index in [-0.39, 0.29) is 17.6 Å². The van der Waals surface area contributed by atoms with Gasteiger partial charge in [0.05, 0.1) is 12.0 Å². The molecule has 0 radical (unpaired) electrons. The van der Waals surface area contributed by atoms with E-state index in [1.165, 1.54) is 4.90 Å². The fourth-order valence-corrected chi connectivity index (χ4v) is 5.49. The quantitative estimate of drug-likeness (QED) is 0.628. The van der Waals surface area contributed by atoms with Gasteiger partial charge in [-0.25, -0.2) is 4.79 Å². The zero-order valence-electron chi connectivity index (χ0n) is 13.4. The van der Waals surface area contributed by atoms with Crippen LogP contribution < -0.4 is 0 Å². The first-order valence-electron chi connectivity index (χ1n) is 7.57. The lowest BCUT2D eigenvalue weighted by Crippen LogP contribution is -2.63. The number of hydrogen-bond acceptors (Lipinski definition) is 3. The van der Waals surface area contributed by atoms with Crippen LogP contribution in [0.25, 0.3) is 0 Å². The summed E-state index contributed by atoms with van der Waals surface area (Å²) < 4.78 is 18.8. The molecule has 122 valence electrons. The van der Waals surface area contributed by atoms with Gasteiger partial charge in [-0.3, -0.25) is 0 Å². The second kappa shape index (κ2) is 5.95. The second-order valence-electron chi connectivity index (χ2n) is 6.64. The first-order valence-corrected chi connectivity index (χ1v) is 8.84. The maximum Gasteiger partial charge on any atom is 0.407 e. The molecule has 1 amide bonds. The molecular formula is C14H27N2O4S+. The molecule has 6 nitrogen and oxygen atoms in total. The molecule has 1 spiro atoms. The van der Waals surface area contributed by atoms with Crippen LogP contribution in [0.4, 0.5) is 4.79 Å². The number of likely N-dealkylation sites (tertiary alicyclic amines) is 1. The Morgan fingerprint density at radius 2 is 2.05 bits per heavy atom. The van der Waals surface area contributed by atoms with Gasteiger partial charge in [-0.15, -0.1) is 3.89 Å². The number of ether oxygens (including phenoxy) is 1. The summed E-state index contributed by atoms with van der Waals surface area (Å²) in [6.45, 7) is 5.72. The second-order valence-corrected chi connectivity index (χ2v) is 8.80. The predicted molar refractivity (Wildman–Crippen MR) is 81.3 cm³/mol. The van der Waals surface area contributed by atoms with Gasteiger partial charge < -0.3 is 19.3 Å². The molecule has 2 rings (SSSR count). The first-order chi connectivity index (χ1) is 9.74. The Labute approximate surface area is 130 Å². The van der Waals surface area contributed by atoms with E-state index in [1.807, 2.05) is 21.0 Å². The van der Waals surface area contributed by atoms with Crippen molar-refractivity contribution in [2.24, 2.45) is 5.41 Å². The zero-order valence-corrected chi connectivity index (χ0v) is 14.2. The van der Waals surface area contributed by atoms with Crippen LogP contribution in [0.15, 0.2) is 0 Å². The van der Waals surface area contributed by atoms with Gasteiger partial charge in [0.25, 0.3) is 0 Å². The van der Waals surface area contributed by atoms with E-state index < -0.39 is 17.5 Å². The lowest BCUT2D eigenvalue weighted by atomic mass is 9.72. The van der Waals surface area contributed by atoms with Crippen molar-refractivity contribution in [1.82, 2.24) is 4.90 Å². The number of nitrogens with zero attached hydrogens (tertiary/aromatic N) is 2. The number of carboxylic acid groups (broad SMARTS) is 1. The smallest absolute Gasteiger partial charge is 0.407 e. The Morgan fingerprint density at radius 3 is 2.52 bits per heavy atom. The fraction of sp³-hybridized carbons (Fsp3) is 0.929. The van der Waals surface area contributed by atoms with Gasteiger partial charge in [-0.2, -0.15) is 0 Å². The monoisotopic (exact) mass is 319 g/mol. The summed E-state index contributed by atoms with van der Waals surface area (Å²) >= 11 is -0.966. The van der Waals surface area contributed by atoms with Gasteiger partial charge in [0.15, 0.2) is 11.8 Å². The van der Waals surface area contributed by atoms with Gasteiger partial charge in [-0.1, -0.05) is 0 Å². The molecule has 0 aromatic heterocycles. The summed E-state index contributed by atoms with van der Waals surface area (Å²) in [5.74, 6) is 0.619. The molecule has 0 aromatic carbocycles. The van der Waals surface area contributed by atoms with Crippen molar-refractivity contribution in [3.63, 3.8) is 0 Å². The SMILES string of the molecule is CC[S@@+]([O-])[N+](C)(C)C1C(C)OCC12CCN(C(=O)O)CC2. The molecule has 2 unspecified atom stereocenters. The highest BCUT2D eigenvalue weighted by Gasteiger charge is 2.61. The largest absolute Gasteiger partial charge is 0.566 e. The number of hydrogen-bond donors (Lipinski definition) is 1. The van der Waals surface area contributed by atoms with Crippen LogP contribution in [-0.2, 0) is 16.1 Å². The van der Waals surface area contributed by atoms with E-state index >= 15 is 0 Å². The molecule has 2 fully saturated rings. The predicted octanol–water partition coefficient (Wildman–Crippen LogP) is 1.29. The van der Waals surface area contributed by atoms with Crippen molar-refractivity contribution >= 4 is 17.5 Å². The summed E-state index contributed by atoms with van der Waals surface area (Å²) in [5.41, 5.74) is -0.0559. The molecule has 3 atom stereocenters. The normalized spacial score (nSPS) is 30.6. The molecule has 0 aliphatic carbocycles. The lowest BCUT2D eigenvalue weighted by molar-refractivity contribution is -0.802. The van der Waals surface area contributed by atoms with Crippen LogP contribution in [0.2, 0.25) is 0 Å². The molecule has 0 saturated carbocycles. The van der Waals surface area contributed by atoms with Crippen molar-refractivity contribution in [2.75, 3.05) is 39.5 Å². The summed E-state index contributed by atoms with van der Waals surface area (Å²) in [4.78, 5) is 12.6. The highest BCUT2D eigenvalue weighted by Crippen LogP contribution is 2.47.